The fraction of sp³-hybridized carbons (Fsp3) is 0.667. The van der Waals surface area contributed by atoms with Gasteiger partial charge in [0, 0.05) is 6.04 Å². The molecule has 1 aromatic rings. The zero-order valence-electron chi connectivity index (χ0n) is 11.3. The van der Waals surface area contributed by atoms with Crippen LogP contribution in [0.1, 0.15) is 51.3 Å². The van der Waals surface area contributed by atoms with Crippen molar-refractivity contribution in [2.75, 3.05) is 6.54 Å². The van der Waals surface area contributed by atoms with Crippen molar-refractivity contribution >= 4 is 0 Å². The van der Waals surface area contributed by atoms with Crippen LogP contribution in [0, 0.1) is 17.7 Å². The summed E-state index contributed by atoms with van der Waals surface area (Å²) < 4.78 is 12.8. The van der Waals surface area contributed by atoms with Crippen LogP contribution in [0.15, 0.2) is 18.3 Å². The Morgan fingerprint density at radius 2 is 2.28 bits per heavy atom. The van der Waals surface area contributed by atoms with Gasteiger partial charge in [-0.2, -0.15) is 0 Å². The standard InChI is InChI=1S/C15H23FN2/c1-11-4-3-5-13(8-11)9-17-12(2)15-7-6-14(16)10-18-15/h6-7,10-13,17H,3-5,8-9H2,1-2H3. The van der Waals surface area contributed by atoms with Gasteiger partial charge >= 0.3 is 0 Å². The van der Waals surface area contributed by atoms with E-state index in [4.69, 9.17) is 0 Å². The van der Waals surface area contributed by atoms with Gasteiger partial charge in [0.25, 0.3) is 0 Å². The monoisotopic (exact) mass is 250 g/mol. The number of rotatable bonds is 4. The zero-order chi connectivity index (χ0) is 13.0. The van der Waals surface area contributed by atoms with E-state index in [1.165, 1.54) is 37.9 Å². The summed E-state index contributed by atoms with van der Waals surface area (Å²) in [4.78, 5) is 4.12. The Hall–Kier alpha value is -0.960. The first-order chi connectivity index (χ1) is 8.65. The van der Waals surface area contributed by atoms with E-state index in [1.54, 1.807) is 6.07 Å². The first-order valence-corrected chi connectivity index (χ1v) is 7.00. The molecular weight excluding hydrogens is 227 g/mol. The average Bonchev–Trinajstić information content (AvgIpc) is 2.37. The number of nitrogens with zero attached hydrogens (tertiary/aromatic N) is 1. The fourth-order valence-electron chi connectivity index (χ4n) is 2.84. The van der Waals surface area contributed by atoms with E-state index in [1.807, 2.05) is 0 Å². The summed E-state index contributed by atoms with van der Waals surface area (Å²) in [5, 5.41) is 3.52. The molecule has 100 valence electrons. The second-order valence-electron chi connectivity index (χ2n) is 5.67. The van der Waals surface area contributed by atoms with Crippen LogP contribution in [0.3, 0.4) is 0 Å². The third-order valence-corrected chi connectivity index (χ3v) is 3.95. The summed E-state index contributed by atoms with van der Waals surface area (Å²) in [6, 6.07) is 3.43. The lowest BCUT2D eigenvalue weighted by Gasteiger charge is -2.28. The molecule has 3 heteroatoms. The second-order valence-corrected chi connectivity index (χ2v) is 5.67. The molecule has 3 atom stereocenters. The van der Waals surface area contributed by atoms with Crippen LogP contribution in [-0.4, -0.2) is 11.5 Å². The lowest BCUT2D eigenvalue weighted by Crippen LogP contribution is -2.29. The van der Waals surface area contributed by atoms with E-state index >= 15 is 0 Å². The molecule has 1 N–H and O–H groups in total. The molecule has 0 aliphatic heterocycles. The highest BCUT2D eigenvalue weighted by Crippen LogP contribution is 2.28. The van der Waals surface area contributed by atoms with Crippen molar-refractivity contribution in [3.63, 3.8) is 0 Å². The van der Waals surface area contributed by atoms with Crippen molar-refractivity contribution in [2.24, 2.45) is 11.8 Å². The number of nitrogens with one attached hydrogen (secondary N) is 1. The summed E-state index contributed by atoms with van der Waals surface area (Å²) >= 11 is 0. The number of pyridine rings is 1. The SMILES string of the molecule is CC1CCCC(CNC(C)c2ccc(F)cn2)C1. The van der Waals surface area contributed by atoms with Gasteiger partial charge in [-0.15, -0.1) is 0 Å². The molecule has 1 aliphatic carbocycles. The van der Waals surface area contributed by atoms with E-state index in [0.717, 1.165) is 24.1 Å². The maximum Gasteiger partial charge on any atom is 0.141 e. The van der Waals surface area contributed by atoms with Gasteiger partial charge in [0.2, 0.25) is 0 Å². The number of aromatic nitrogens is 1. The van der Waals surface area contributed by atoms with Gasteiger partial charge in [0.05, 0.1) is 11.9 Å². The number of hydrogen-bond acceptors (Lipinski definition) is 2. The van der Waals surface area contributed by atoms with E-state index in [9.17, 15) is 4.39 Å². The third kappa shape index (κ3) is 3.77. The van der Waals surface area contributed by atoms with Crippen LogP contribution in [-0.2, 0) is 0 Å². The van der Waals surface area contributed by atoms with E-state index in [-0.39, 0.29) is 11.9 Å². The minimum atomic E-state index is -0.271. The van der Waals surface area contributed by atoms with Gasteiger partial charge in [-0.05, 0) is 50.3 Å². The van der Waals surface area contributed by atoms with Crippen LogP contribution in [0.4, 0.5) is 4.39 Å². The predicted molar refractivity (Wildman–Crippen MR) is 71.7 cm³/mol. The Morgan fingerprint density at radius 1 is 1.44 bits per heavy atom. The molecule has 0 spiro atoms. The smallest absolute Gasteiger partial charge is 0.141 e. The van der Waals surface area contributed by atoms with Gasteiger partial charge < -0.3 is 5.32 Å². The normalized spacial score (nSPS) is 25.9. The fourth-order valence-corrected chi connectivity index (χ4v) is 2.84. The topological polar surface area (TPSA) is 24.9 Å². The van der Waals surface area contributed by atoms with Crippen LogP contribution < -0.4 is 5.32 Å². The molecule has 3 unspecified atom stereocenters. The Balaban J connectivity index is 1.80. The number of halogens is 1. The van der Waals surface area contributed by atoms with Crippen molar-refractivity contribution in [1.29, 1.82) is 0 Å². The maximum absolute atomic E-state index is 12.8. The first kappa shape index (κ1) is 13.5. The van der Waals surface area contributed by atoms with Crippen molar-refractivity contribution < 1.29 is 4.39 Å². The van der Waals surface area contributed by atoms with Crippen LogP contribution in [0.2, 0.25) is 0 Å². The molecule has 1 saturated carbocycles. The van der Waals surface area contributed by atoms with Gasteiger partial charge in [0.15, 0.2) is 0 Å². The summed E-state index contributed by atoms with van der Waals surface area (Å²) in [6.07, 6.45) is 6.69. The summed E-state index contributed by atoms with van der Waals surface area (Å²) in [5.41, 5.74) is 0.917. The zero-order valence-corrected chi connectivity index (χ0v) is 11.3. The maximum atomic E-state index is 12.8. The minimum Gasteiger partial charge on any atom is -0.309 e. The quantitative estimate of drug-likeness (QED) is 0.881. The summed E-state index contributed by atoms with van der Waals surface area (Å²) in [6.45, 7) is 5.48. The Bertz CT molecular complexity index is 363. The van der Waals surface area contributed by atoms with E-state index < -0.39 is 0 Å². The van der Waals surface area contributed by atoms with Gasteiger partial charge in [-0.25, -0.2) is 4.39 Å². The molecule has 1 aliphatic rings. The Kier molecular flexibility index (Phi) is 4.70. The van der Waals surface area contributed by atoms with Gasteiger partial charge in [-0.1, -0.05) is 19.8 Å². The van der Waals surface area contributed by atoms with E-state index in [0.29, 0.717) is 0 Å². The molecule has 0 aromatic carbocycles. The largest absolute Gasteiger partial charge is 0.309 e. The summed E-state index contributed by atoms with van der Waals surface area (Å²) in [5.74, 6) is 1.38. The molecular formula is C15H23FN2. The molecule has 0 radical (unpaired) electrons. The third-order valence-electron chi connectivity index (χ3n) is 3.95. The van der Waals surface area contributed by atoms with Crippen LogP contribution >= 0.6 is 0 Å². The van der Waals surface area contributed by atoms with Crippen molar-refractivity contribution in [3.05, 3.63) is 29.8 Å². The lowest BCUT2D eigenvalue weighted by atomic mass is 9.82. The van der Waals surface area contributed by atoms with Gasteiger partial charge in [-0.3, -0.25) is 4.98 Å². The van der Waals surface area contributed by atoms with Gasteiger partial charge in [0.1, 0.15) is 5.82 Å². The second kappa shape index (κ2) is 6.28. The molecule has 1 aromatic heterocycles. The highest BCUT2D eigenvalue weighted by Gasteiger charge is 2.19. The molecule has 0 saturated heterocycles. The van der Waals surface area contributed by atoms with E-state index in [2.05, 4.69) is 24.1 Å². The first-order valence-electron chi connectivity index (χ1n) is 7.00. The highest BCUT2D eigenvalue weighted by atomic mass is 19.1. The van der Waals surface area contributed by atoms with Crippen molar-refractivity contribution in [3.8, 4) is 0 Å². The Morgan fingerprint density at radius 3 is 2.94 bits per heavy atom. The molecule has 2 nitrogen and oxygen atoms in total. The summed E-state index contributed by atoms with van der Waals surface area (Å²) in [7, 11) is 0. The molecule has 0 amide bonds. The predicted octanol–water partition coefficient (Wildman–Crippen LogP) is 3.70. The van der Waals surface area contributed by atoms with Crippen LogP contribution in [0.25, 0.3) is 0 Å². The minimum absolute atomic E-state index is 0.197. The average molecular weight is 250 g/mol. The van der Waals surface area contributed by atoms with Crippen molar-refractivity contribution in [1.82, 2.24) is 10.3 Å². The lowest BCUT2D eigenvalue weighted by molar-refractivity contribution is 0.268. The molecule has 0 bridgehead atoms. The number of hydrogen-bond donors (Lipinski definition) is 1. The molecule has 1 heterocycles. The molecule has 1 fully saturated rings. The molecule has 2 rings (SSSR count). The molecule has 18 heavy (non-hydrogen) atoms. The van der Waals surface area contributed by atoms with Crippen molar-refractivity contribution in [2.45, 2.75) is 45.6 Å². The Labute approximate surface area is 109 Å². The van der Waals surface area contributed by atoms with Crippen LogP contribution in [0.5, 0.6) is 0 Å². The highest BCUT2D eigenvalue weighted by molar-refractivity contribution is 5.08.